The van der Waals surface area contributed by atoms with Gasteiger partial charge in [0.05, 0.1) is 20.8 Å². The van der Waals surface area contributed by atoms with E-state index in [1.807, 2.05) is 13.2 Å². The fourth-order valence-corrected chi connectivity index (χ4v) is 1.18. The first-order chi connectivity index (χ1) is 7.17. The Balaban J connectivity index is 2.46. The first kappa shape index (κ1) is 11.5. The number of methoxy groups -OCH3 is 2. The number of aromatic nitrogens is 2. The number of hydrogen-bond acceptors (Lipinski definition) is 5. The van der Waals surface area contributed by atoms with E-state index < -0.39 is 0 Å². The summed E-state index contributed by atoms with van der Waals surface area (Å²) in [4.78, 5) is 10.8. The van der Waals surface area contributed by atoms with Crippen molar-refractivity contribution in [1.29, 1.82) is 0 Å². The Bertz CT molecular complexity index is 335. The number of nitrogens with zero attached hydrogens (tertiary/aromatic N) is 2. The van der Waals surface area contributed by atoms with Gasteiger partial charge in [-0.3, -0.25) is 9.48 Å². The molecule has 0 aliphatic rings. The molecule has 0 fully saturated rings. The van der Waals surface area contributed by atoms with E-state index in [4.69, 9.17) is 4.74 Å². The summed E-state index contributed by atoms with van der Waals surface area (Å²) < 4.78 is 11.2. The van der Waals surface area contributed by atoms with Crippen LogP contribution in [0.1, 0.15) is 5.56 Å². The van der Waals surface area contributed by atoms with Gasteiger partial charge in [0.15, 0.2) is 0 Å². The van der Waals surface area contributed by atoms with Crippen LogP contribution in [0.2, 0.25) is 0 Å². The Hall–Kier alpha value is -1.56. The smallest absolute Gasteiger partial charge is 0.319 e. The van der Waals surface area contributed by atoms with E-state index in [2.05, 4.69) is 15.2 Å². The van der Waals surface area contributed by atoms with Gasteiger partial charge in [-0.25, -0.2) is 0 Å². The molecule has 1 aromatic heterocycles. The predicted octanol–water partition coefficient (Wildman–Crippen LogP) is -0.309. The van der Waals surface area contributed by atoms with Crippen molar-refractivity contribution in [3.05, 3.63) is 11.8 Å². The van der Waals surface area contributed by atoms with Crippen LogP contribution in [-0.4, -0.2) is 36.5 Å². The van der Waals surface area contributed by atoms with Gasteiger partial charge in [0, 0.05) is 25.4 Å². The van der Waals surface area contributed by atoms with E-state index in [0.717, 1.165) is 5.56 Å². The molecular weight excluding hydrogens is 198 g/mol. The van der Waals surface area contributed by atoms with Crippen LogP contribution < -0.4 is 10.1 Å². The molecule has 6 heteroatoms. The van der Waals surface area contributed by atoms with Gasteiger partial charge in [-0.05, 0) is 0 Å². The van der Waals surface area contributed by atoms with Crippen molar-refractivity contribution in [1.82, 2.24) is 15.1 Å². The number of aryl methyl sites for hydroxylation is 1. The Morgan fingerprint density at radius 1 is 1.60 bits per heavy atom. The molecular formula is C9H15N3O3. The molecule has 0 radical (unpaired) electrons. The molecule has 0 saturated heterocycles. The zero-order chi connectivity index (χ0) is 11.3. The van der Waals surface area contributed by atoms with Gasteiger partial charge in [-0.1, -0.05) is 0 Å². The zero-order valence-electron chi connectivity index (χ0n) is 9.11. The summed E-state index contributed by atoms with van der Waals surface area (Å²) in [6, 6.07) is 0. The van der Waals surface area contributed by atoms with Gasteiger partial charge in [0.2, 0.25) is 5.88 Å². The molecule has 15 heavy (non-hydrogen) atoms. The summed E-state index contributed by atoms with van der Waals surface area (Å²) >= 11 is 0. The van der Waals surface area contributed by atoms with Gasteiger partial charge < -0.3 is 14.8 Å². The van der Waals surface area contributed by atoms with Gasteiger partial charge in [-0.2, -0.15) is 0 Å². The quantitative estimate of drug-likeness (QED) is 0.680. The van der Waals surface area contributed by atoms with E-state index in [1.165, 1.54) is 7.11 Å². The van der Waals surface area contributed by atoms with Crippen molar-refractivity contribution >= 4 is 5.97 Å². The van der Waals surface area contributed by atoms with Crippen LogP contribution in [0.3, 0.4) is 0 Å². The minimum absolute atomic E-state index is 0.175. The fourth-order valence-electron chi connectivity index (χ4n) is 1.18. The lowest BCUT2D eigenvalue weighted by molar-refractivity contribution is -0.139. The number of esters is 1. The molecule has 1 rings (SSSR count). The summed E-state index contributed by atoms with van der Waals surface area (Å²) in [5, 5.41) is 7.02. The van der Waals surface area contributed by atoms with Gasteiger partial charge in [0.1, 0.15) is 0 Å². The number of carbonyl (C=O) groups is 1. The molecule has 6 nitrogen and oxygen atoms in total. The highest BCUT2D eigenvalue weighted by Gasteiger charge is 2.07. The monoisotopic (exact) mass is 213 g/mol. The number of rotatable bonds is 5. The average molecular weight is 213 g/mol. The molecule has 0 unspecified atom stereocenters. The highest BCUT2D eigenvalue weighted by Crippen LogP contribution is 2.13. The fraction of sp³-hybridized carbons (Fsp3) is 0.556. The van der Waals surface area contributed by atoms with E-state index in [9.17, 15) is 4.79 Å². The summed E-state index contributed by atoms with van der Waals surface area (Å²) in [6.45, 7) is 0.695. The van der Waals surface area contributed by atoms with Crippen molar-refractivity contribution in [2.75, 3.05) is 20.8 Å². The second kappa shape index (κ2) is 5.35. The third-order valence-electron chi connectivity index (χ3n) is 1.87. The van der Waals surface area contributed by atoms with Gasteiger partial charge >= 0.3 is 5.97 Å². The van der Waals surface area contributed by atoms with Crippen LogP contribution in [0.15, 0.2) is 6.20 Å². The maximum Gasteiger partial charge on any atom is 0.319 e. The van der Waals surface area contributed by atoms with Crippen LogP contribution in [0, 0.1) is 0 Å². The van der Waals surface area contributed by atoms with Crippen LogP contribution >= 0.6 is 0 Å². The number of nitrogens with one attached hydrogen (secondary N) is 1. The molecule has 0 amide bonds. The summed E-state index contributed by atoms with van der Waals surface area (Å²) in [5.74, 6) is 0.271. The average Bonchev–Trinajstić information content (AvgIpc) is 2.58. The molecule has 84 valence electrons. The van der Waals surface area contributed by atoms with Gasteiger partial charge in [-0.15, -0.1) is 5.10 Å². The molecule has 0 aliphatic carbocycles. The van der Waals surface area contributed by atoms with E-state index in [1.54, 1.807) is 11.8 Å². The lowest BCUT2D eigenvalue weighted by Crippen LogP contribution is -2.23. The molecule has 0 atom stereocenters. The zero-order valence-corrected chi connectivity index (χ0v) is 9.11. The van der Waals surface area contributed by atoms with Crippen LogP contribution in [0.5, 0.6) is 5.88 Å². The van der Waals surface area contributed by atoms with E-state index in [-0.39, 0.29) is 12.5 Å². The van der Waals surface area contributed by atoms with Crippen LogP contribution in [-0.2, 0) is 23.1 Å². The number of carbonyl (C=O) groups excluding carboxylic acids is 1. The Labute approximate surface area is 88.2 Å². The topological polar surface area (TPSA) is 65.4 Å². The Kier molecular flexibility index (Phi) is 4.11. The van der Waals surface area contributed by atoms with E-state index in [0.29, 0.717) is 12.4 Å². The normalized spacial score (nSPS) is 10.1. The van der Waals surface area contributed by atoms with Crippen molar-refractivity contribution in [3.8, 4) is 5.88 Å². The third kappa shape index (κ3) is 3.25. The summed E-state index contributed by atoms with van der Waals surface area (Å²) in [7, 11) is 4.73. The molecule has 0 aromatic carbocycles. The number of ether oxygens (including phenoxy) is 2. The van der Waals surface area contributed by atoms with Crippen molar-refractivity contribution in [3.63, 3.8) is 0 Å². The maximum atomic E-state index is 10.8. The van der Waals surface area contributed by atoms with Crippen LogP contribution in [0.25, 0.3) is 0 Å². The highest BCUT2D eigenvalue weighted by atomic mass is 16.5. The number of hydrogen-bond donors (Lipinski definition) is 1. The first-order valence-electron chi connectivity index (χ1n) is 4.51. The van der Waals surface area contributed by atoms with E-state index >= 15 is 0 Å². The van der Waals surface area contributed by atoms with Crippen LogP contribution in [0.4, 0.5) is 0 Å². The minimum Gasteiger partial charge on any atom is -0.480 e. The Morgan fingerprint density at radius 2 is 2.33 bits per heavy atom. The third-order valence-corrected chi connectivity index (χ3v) is 1.87. The van der Waals surface area contributed by atoms with Crippen molar-refractivity contribution < 1.29 is 14.3 Å². The first-order valence-corrected chi connectivity index (χ1v) is 4.51. The SMILES string of the molecule is COC(=O)CNCc1cn(C)nc1OC. The lowest BCUT2D eigenvalue weighted by Gasteiger charge is -2.02. The largest absolute Gasteiger partial charge is 0.480 e. The lowest BCUT2D eigenvalue weighted by atomic mass is 10.3. The Morgan fingerprint density at radius 3 is 2.93 bits per heavy atom. The molecule has 0 saturated carbocycles. The molecule has 0 bridgehead atoms. The molecule has 0 spiro atoms. The minimum atomic E-state index is -0.294. The second-order valence-electron chi connectivity index (χ2n) is 3.02. The van der Waals surface area contributed by atoms with Crippen molar-refractivity contribution in [2.45, 2.75) is 6.54 Å². The van der Waals surface area contributed by atoms with Gasteiger partial charge in [0.25, 0.3) is 0 Å². The molecule has 0 aliphatic heterocycles. The second-order valence-corrected chi connectivity index (χ2v) is 3.02. The molecule has 1 heterocycles. The summed E-state index contributed by atoms with van der Waals surface area (Å²) in [6.07, 6.45) is 1.84. The highest BCUT2D eigenvalue weighted by molar-refractivity contribution is 5.71. The molecule has 1 N–H and O–H groups in total. The maximum absolute atomic E-state index is 10.8. The predicted molar refractivity (Wildman–Crippen MR) is 53.5 cm³/mol. The summed E-state index contributed by atoms with van der Waals surface area (Å²) in [5.41, 5.74) is 0.906. The van der Waals surface area contributed by atoms with Crippen molar-refractivity contribution in [2.24, 2.45) is 7.05 Å². The molecule has 1 aromatic rings. The standard InChI is InChI=1S/C9H15N3O3/c1-12-6-7(9(11-12)15-3)4-10-5-8(13)14-2/h6,10H,4-5H2,1-3H3.